The number of rotatable bonds is 4. The van der Waals surface area contributed by atoms with Crippen molar-refractivity contribution in [1.82, 2.24) is 10.2 Å². The molecule has 1 heterocycles. The average Bonchev–Trinajstić information content (AvgIpc) is 3.26. The second kappa shape index (κ2) is 7.08. The van der Waals surface area contributed by atoms with Crippen LogP contribution in [0.2, 0.25) is 0 Å². The van der Waals surface area contributed by atoms with Gasteiger partial charge in [-0.2, -0.15) is 0 Å². The molecule has 3 atom stereocenters. The van der Waals surface area contributed by atoms with Crippen LogP contribution in [0.4, 0.5) is 13.2 Å². The maximum Gasteiger partial charge on any atom is 0.267 e. The molecule has 1 aliphatic heterocycles. The lowest BCUT2D eigenvalue weighted by Gasteiger charge is -2.39. The van der Waals surface area contributed by atoms with Crippen LogP contribution in [0.1, 0.15) is 44.1 Å². The van der Waals surface area contributed by atoms with Gasteiger partial charge in [0.05, 0.1) is 12.5 Å². The molecule has 3 aliphatic rings. The van der Waals surface area contributed by atoms with Crippen LogP contribution in [0.3, 0.4) is 0 Å². The van der Waals surface area contributed by atoms with Gasteiger partial charge in [-0.15, -0.1) is 0 Å². The normalized spacial score (nSPS) is 31.0. The third-order valence-corrected chi connectivity index (χ3v) is 6.80. The first kappa shape index (κ1) is 19.3. The summed E-state index contributed by atoms with van der Waals surface area (Å²) >= 11 is 0. The molecule has 0 unspecified atom stereocenters. The summed E-state index contributed by atoms with van der Waals surface area (Å²) < 4.78 is 40.4. The fourth-order valence-electron chi connectivity index (χ4n) is 5.04. The topological polar surface area (TPSA) is 49.4 Å². The Kier molecular flexibility index (Phi) is 4.88. The number of halogens is 3. The molecule has 1 N–H and O–H groups in total. The van der Waals surface area contributed by atoms with E-state index in [4.69, 9.17) is 0 Å². The molecule has 4 rings (SSSR count). The summed E-state index contributed by atoms with van der Waals surface area (Å²) in [5.41, 5.74) is 0.305. The van der Waals surface area contributed by atoms with Gasteiger partial charge in [-0.05, 0) is 43.4 Å². The number of benzene rings is 1. The molecule has 0 bridgehead atoms. The fraction of sp³-hybridized carbons (Fsp3) is 0.619. The number of carbonyl (C=O) groups excluding carboxylic acids is 2. The molecule has 0 aromatic heterocycles. The van der Waals surface area contributed by atoms with Gasteiger partial charge in [0, 0.05) is 30.8 Å². The number of amides is 2. The van der Waals surface area contributed by atoms with Crippen molar-refractivity contribution < 1.29 is 22.8 Å². The molecule has 1 saturated heterocycles. The Morgan fingerprint density at radius 2 is 2.00 bits per heavy atom. The van der Waals surface area contributed by atoms with E-state index in [0.29, 0.717) is 37.9 Å². The molecule has 2 amide bonds. The average molecular weight is 394 g/mol. The fourth-order valence-corrected chi connectivity index (χ4v) is 5.04. The molecule has 2 saturated carbocycles. The Hall–Kier alpha value is -2.05. The van der Waals surface area contributed by atoms with E-state index >= 15 is 0 Å². The zero-order chi connectivity index (χ0) is 19.9. The largest absolute Gasteiger partial charge is 0.347 e. The van der Waals surface area contributed by atoms with Crippen LogP contribution in [0.25, 0.3) is 0 Å². The molecular weight excluding hydrogens is 369 g/mol. The first-order chi connectivity index (χ1) is 13.3. The van der Waals surface area contributed by atoms with Crippen molar-refractivity contribution in [2.75, 3.05) is 13.1 Å². The van der Waals surface area contributed by atoms with Crippen molar-refractivity contribution in [2.24, 2.45) is 11.3 Å². The van der Waals surface area contributed by atoms with Crippen molar-refractivity contribution >= 4 is 11.8 Å². The number of alkyl halides is 2. The van der Waals surface area contributed by atoms with Crippen molar-refractivity contribution in [3.05, 3.63) is 35.6 Å². The number of likely N-dealkylation sites (tertiary alicyclic amines) is 1. The molecule has 0 radical (unpaired) electrons. The van der Waals surface area contributed by atoms with E-state index in [2.05, 4.69) is 5.32 Å². The van der Waals surface area contributed by atoms with Crippen molar-refractivity contribution in [3.63, 3.8) is 0 Å². The van der Waals surface area contributed by atoms with Crippen molar-refractivity contribution in [2.45, 2.75) is 56.9 Å². The smallest absolute Gasteiger partial charge is 0.267 e. The molecule has 28 heavy (non-hydrogen) atoms. The quantitative estimate of drug-likeness (QED) is 0.852. The Balaban J connectivity index is 1.39. The minimum Gasteiger partial charge on any atom is -0.347 e. The van der Waals surface area contributed by atoms with E-state index in [-0.39, 0.29) is 41.8 Å². The molecular formula is C21H25F3N2O2. The Morgan fingerprint density at radius 3 is 2.68 bits per heavy atom. The van der Waals surface area contributed by atoms with Gasteiger partial charge in [-0.25, -0.2) is 13.2 Å². The molecule has 1 aromatic rings. The summed E-state index contributed by atoms with van der Waals surface area (Å²) in [6.45, 7) is 1.03. The van der Waals surface area contributed by atoms with E-state index in [1.165, 1.54) is 12.1 Å². The monoisotopic (exact) mass is 394 g/mol. The molecule has 3 fully saturated rings. The van der Waals surface area contributed by atoms with Crippen LogP contribution >= 0.6 is 0 Å². The number of nitrogens with one attached hydrogen (secondary N) is 1. The molecule has 1 aromatic carbocycles. The Bertz CT molecular complexity index is 785. The van der Waals surface area contributed by atoms with Crippen molar-refractivity contribution in [1.29, 1.82) is 0 Å². The van der Waals surface area contributed by atoms with E-state index in [0.717, 1.165) is 12.8 Å². The highest BCUT2D eigenvalue weighted by atomic mass is 19.3. The Labute approximate surface area is 162 Å². The van der Waals surface area contributed by atoms with Crippen molar-refractivity contribution in [3.8, 4) is 0 Å². The standard InChI is InChI=1S/C21H25F3N2O2/c22-15-4-1-3-14(11-15)12-18(27)26-10-9-20(13-26)7-2-5-16(20)19(28)25-17-6-8-21(17,23)24/h1,3-4,11,16-17H,2,5-10,12-13H2,(H,25,28)/t16-,17+,20-/m0/s1. The number of carbonyl (C=O) groups is 2. The Morgan fingerprint density at radius 1 is 1.18 bits per heavy atom. The van der Waals surface area contributed by atoms with Gasteiger partial charge >= 0.3 is 0 Å². The maximum atomic E-state index is 13.5. The van der Waals surface area contributed by atoms with Crippen LogP contribution in [0, 0.1) is 17.2 Å². The van der Waals surface area contributed by atoms with Crippen LogP contribution in [0.15, 0.2) is 24.3 Å². The summed E-state index contributed by atoms with van der Waals surface area (Å²) in [6.07, 6.45) is 3.35. The number of nitrogens with zero attached hydrogens (tertiary/aromatic N) is 1. The van der Waals surface area contributed by atoms with Crippen LogP contribution in [-0.4, -0.2) is 41.8 Å². The first-order valence-corrected chi connectivity index (χ1v) is 10.00. The van der Waals surface area contributed by atoms with Gasteiger partial charge in [0.25, 0.3) is 5.92 Å². The lowest BCUT2D eigenvalue weighted by molar-refractivity contribution is -0.142. The van der Waals surface area contributed by atoms with Crippen LogP contribution in [0.5, 0.6) is 0 Å². The first-order valence-electron chi connectivity index (χ1n) is 10.00. The minimum absolute atomic E-state index is 0.0842. The SMILES string of the molecule is O=C(N[C@@H]1CCC1(F)F)[C@@H]1CCC[C@@]12CCN(C(=O)Cc1cccc(F)c1)C2. The second-order valence-corrected chi connectivity index (χ2v) is 8.54. The zero-order valence-electron chi connectivity index (χ0n) is 15.7. The minimum atomic E-state index is -2.80. The second-order valence-electron chi connectivity index (χ2n) is 8.54. The summed E-state index contributed by atoms with van der Waals surface area (Å²) in [6, 6.07) is 4.94. The summed E-state index contributed by atoms with van der Waals surface area (Å²) in [7, 11) is 0. The molecule has 4 nitrogen and oxygen atoms in total. The summed E-state index contributed by atoms with van der Waals surface area (Å²) in [5, 5.41) is 2.56. The highest BCUT2D eigenvalue weighted by molar-refractivity contribution is 5.82. The zero-order valence-corrected chi connectivity index (χ0v) is 15.7. The predicted octanol–water partition coefficient (Wildman–Crippen LogP) is 3.30. The van der Waals surface area contributed by atoms with Gasteiger partial charge in [0.15, 0.2) is 0 Å². The maximum absolute atomic E-state index is 13.5. The van der Waals surface area contributed by atoms with Gasteiger partial charge in [-0.3, -0.25) is 9.59 Å². The summed E-state index contributed by atoms with van der Waals surface area (Å²) in [4.78, 5) is 27.1. The van der Waals surface area contributed by atoms with Gasteiger partial charge < -0.3 is 10.2 Å². The number of hydrogen-bond acceptors (Lipinski definition) is 2. The molecule has 152 valence electrons. The highest BCUT2D eigenvalue weighted by Gasteiger charge is 2.54. The predicted molar refractivity (Wildman–Crippen MR) is 97.2 cm³/mol. The van der Waals surface area contributed by atoms with E-state index in [1.807, 2.05) is 0 Å². The lowest BCUT2D eigenvalue weighted by Crippen LogP contribution is -2.57. The molecule has 7 heteroatoms. The number of hydrogen-bond donors (Lipinski definition) is 1. The van der Waals surface area contributed by atoms with Gasteiger partial charge in [0.2, 0.25) is 11.8 Å². The van der Waals surface area contributed by atoms with Crippen LogP contribution in [-0.2, 0) is 16.0 Å². The third-order valence-electron chi connectivity index (χ3n) is 6.80. The van der Waals surface area contributed by atoms with Crippen LogP contribution < -0.4 is 5.32 Å². The highest BCUT2D eigenvalue weighted by Crippen LogP contribution is 2.50. The molecule has 2 aliphatic carbocycles. The molecule has 1 spiro atoms. The summed E-state index contributed by atoms with van der Waals surface area (Å²) in [5.74, 6) is -3.87. The van der Waals surface area contributed by atoms with Gasteiger partial charge in [0.1, 0.15) is 5.82 Å². The lowest BCUT2D eigenvalue weighted by atomic mass is 9.76. The third kappa shape index (κ3) is 3.51. The van der Waals surface area contributed by atoms with E-state index in [9.17, 15) is 22.8 Å². The van der Waals surface area contributed by atoms with Gasteiger partial charge in [-0.1, -0.05) is 18.6 Å². The van der Waals surface area contributed by atoms with E-state index < -0.39 is 12.0 Å². The van der Waals surface area contributed by atoms with E-state index in [1.54, 1.807) is 17.0 Å².